The molecular formula is C73H132O6. The Morgan fingerprint density at radius 3 is 0.722 bits per heavy atom. The molecule has 0 radical (unpaired) electrons. The van der Waals surface area contributed by atoms with Gasteiger partial charge in [-0.15, -0.1) is 0 Å². The SMILES string of the molecule is CCCCCC/C=C\C/C=C\CCCCCCCC(=O)OC(COC(=O)CCCCCCCCCCCCCC)COC(=O)CCCCCCCCCCCCCCCCCCCC/C=C\C/C=C\C/C=C\CCCCCCC. The maximum absolute atomic E-state index is 12.9. The van der Waals surface area contributed by atoms with Crippen molar-refractivity contribution in [3.63, 3.8) is 0 Å². The van der Waals surface area contributed by atoms with Crippen molar-refractivity contribution >= 4 is 17.9 Å². The fraction of sp³-hybridized carbons (Fsp3) is 0.822. The van der Waals surface area contributed by atoms with E-state index in [0.29, 0.717) is 19.3 Å². The molecule has 1 unspecified atom stereocenters. The predicted molar refractivity (Wildman–Crippen MR) is 344 cm³/mol. The van der Waals surface area contributed by atoms with Gasteiger partial charge in [0.25, 0.3) is 0 Å². The summed E-state index contributed by atoms with van der Waals surface area (Å²) in [7, 11) is 0. The van der Waals surface area contributed by atoms with Crippen LogP contribution < -0.4 is 0 Å². The zero-order valence-electron chi connectivity index (χ0n) is 52.9. The number of allylic oxidation sites excluding steroid dienone is 10. The van der Waals surface area contributed by atoms with E-state index in [2.05, 4.69) is 81.5 Å². The number of esters is 3. The summed E-state index contributed by atoms with van der Waals surface area (Å²) < 4.78 is 16.9. The van der Waals surface area contributed by atoms with E-state index in [-0.39, 0.29) is 31.1 Å². The van der Waals surface area contributed by atoms with Gasteiger partial charge in [0.15, 0.2) is 6.10 Å². The number of carbonyl (C=O) groups is 3. The van der Waals surface area contributed by atoms with E-state index in [1.165, 1.54) is 231 Å². The summed E-state index contributed by atoms with van der Waals surface area (Å²) in [6, 6.07) is 0. The maximum atomic E-state index is 12.9. The first-order valence-corrected chi connectivity index (χ1v) is 34.8. The van der Waals surface area contributed by atoms with Crippen LogP contribution in [-0.4, -0.2) is 37.2 Å². The van der Waals surface area contributed by atoms with E-state index in [4.69, 9.17) is 14.2 Å². The average molecular weight is 1110 g/mol. The van der Waals surface area contributed by atoms with Crippen molar-refractivity contribution in [3.05, 3.63) is 60.8 Å². The van der Waals surface area contributed by atoms with Gasteiger partial charge >= 0.3 is 17.9 Å². The lowest BCUT2D eigenvalue weighted by Crippen LogP contribution is -2.30. The first kappa shape index (κ1) is 76.1. The van der Waals surface area contributed by atoms with E-state index >= 15 is 0 Å². The molecule has 0 aliphatic heterocycles. The lowest BCUT2D eigenvalue weighted by Gasteiger charge is -2.18. The molecule has 0 aromatic rings. The van der Waals surface area contributed by atoms with E-state index in [1.807, 2.05) is 0 Å². The van der Waals surface area contributed by atoms with Crippen LogP contribution in [0, 0.1) is 0 Å². The van der Waals surface area contributed by atoms with Gasteiger partial charge in [-0.3, -0.25) is 14.4 Å². The van der Waals surface area contributed by atoms with E-state index < -0.39 is 6.10 Å². The summed E-state index contributed by atoms with van der Waals surface area (Å²) in [4.78, 5) is 38.3. The third-order valence-electron chi connectivity index (χ3n) is 15.5. The van der Waals surface area contributed by atoms with E-state index in [0.717, 1.165) is 96.3 Å². The quantitative estimate of drug-likeness (QED) is 0.0261. The third kappa shape index (κ3) is 65.8. The summed E-state index contributed by atoms with van der Waals surface area (Å²) >= 11 is 0. The molecule has 460 valence electrons. The zero-order valence-corrected chi connectivity index (χ0v) is 52.9. The van der Waals surface area contributed by atoms with Crippen LogP contribution in [0.3, 0.4) is 0 Å². The minimum absolute atomic E-state index is 0.0749. The van der Waals surface area contributed by atoms with Crippen molar-refractivity contribution in [2.24, 2.45) is 0 Å². The fourth-order valence-corrected chi connectivity index (χ4v) is 10.2. The Hall–Kier alpha value is -2.89. The maximum Gasteiger partial charge on any atom is 0.306 e. The molecule has 0 bridgehead atoms. The molecule has 0 aromatic heterocycles. The monoisotopic (exact) mass is 1110 g/mol. The van der Waals surface area contributed by atoms with Crippen molar-refractivity contribution in [1.82, 2.24) is 0 Å². The summed E-state index contributed by atoms with van der Waals surface area (Å²) in [5, 5.41) is 0. The number of rotatable bonds is 64. The van der Waals surface area contributed by atoms with Crippen molar-refractivity contribution in [3.8, 4) is 0 Å². The van der Waals surface area contributed by atoms with Gasteiger partial charge in [-0.05, 0) is 89.9 Å². The molecule has 0 saturated carbocycles. The average Bonchev–Trinajstić information content (AvgIpc) is 3.45. The Kier molecular flexibility index (Phi) is 65.1. The molecule has 0 spiro atoms. The van der Waals surface area contributed by atoms with Crippen LogP contribution in [0.2, 0.25) is 0 Å². The second kappa shape index (κ2) is 67.6. The normalized spacial score (nSPS) is 12.4. The third-order valence-corrected chi connectivity index (χ3v) is 15.5. The highest BCUT2D eigenvalue weighted by Gasteiger charge is 2.19. The number of hydrogen-bond acceptors (Lipinski definition) is 6. The molecule has 79 heavy (non-hydrogen) atoms. The number of unbranched alkanes of at least 4 members (excludes halogenated alkanes) is 43. The fourth-order valence-electron chi connectivity index (χ4n) is 10.2. The van der Waals surface area contributed by atoms with Gasteiger partial charge in [0.05, 0.1) is 0 Å². The van der Waals surface area contributed by atoms with Crippen LogP contribution >= 0.6 is 0 Å². The van der Waals surface area contributed by atoms with Crippen LogP contribution in [0.5, 0.6) is 0 Å². The molecule has 0 amide bonds. The molecule has 1 atom stereocenters. The molecule has 0 rings (SSSR count). The first-order valence-electron chi connectivity index (χ1n) is 34.8. The molecule has 6 nitrogen and oxygen atoms in total. The van der Waals surface area contributed by atoms with E-state index in [9.17, 15) is 14.4 Å². The van der Waals surface area contributed by atoms with Gasteiger partial charge in [-0.1, -0.05) is 319 Å². The second-order valence-electron chi connectivity index (χ2n) is 23.4. The molecular weight excluding hydrogens is 973 g/mol. The van der Waals surface area contributed by atoms with Crippen molar-refractivity contribution in [1.29, 1.82) is 0 Å². The molecule has 0 heterocycles. The summed E-state index contributed by atoms with van der Waals surface area (Å²) in [6.07, 6.45) is 86.8. The largest absolute Gasteiger partial charge is 0.462 e. The summed E-state index contributed by atoms with van der Waals surface area (Å²) in [6.45, 7) is 6.64. The lowest BCUT2D eigenvalue weighted by molar-refractivity contribution is -0.167. The van der Waals surface area contributed by atoms with Crippen LogP contribution in [0.15, 0.2) is 60.8 Å². The highest BCUT2D eigenvalue weighted by Crippen LogP contribution is 2.18. The molecule has 0 aromatic carbocycles. The van der Waals surface area contributed by atoms with E-state index in [1.54, 1.807) is 0 Å². The molecule has 6 heteroatoms. The van der Waals surface area contributed by atoms with Gasteiger partial charge < -0.3 is 14.2 Å². The van der Waals surface area contributed by atoms with Crippen LogP contribution in [-0.2, 0) is 28.6 Å². The van der Waals surface area contributed by atoms with Crippen LogP contribution in [0.25, 0.3) is 0 Å². The number of carbonyl (C=O) groups excluding carboxylic acids is 3. The van der Waals surface area contributed by atoms with Gasteiger partial charge in [-0.25, -0.2) is 0 Å². The van der Waals surface area contributed by atoms with Gasteiger partial charge in [0.2, 0.25) is 0 Å². The zero-order chi connectivity index (χ0) is 57.1. The molecule has 0 aliphatic carbocycles. The number of hydrogen-bond donors (Lipinski definition) is 0. The molecule has 0 saturated heterocycles. The molecule has 0 aliphatic rings. The molecule has 0 N–H and O–H groups in total. The Balaban J connectivity index is 4.12. The number of ether oxygens (including phenoxy) is 3. The highest BCUT2D eigenvalue weighted by molar-refractivity contribution is 5.71. The lowest BCUT2D eigenvalue weighted by atomic mass is 10.0. The molecule has 0 fully saturated rings. The Labute approximate surface area is 491 Å². The highest BCUT2D eigenvalue weighted by atomic mass is 16.6. The van der Waals surface area contributed by atoms with Gasteiger partial charge in [0, 0.05) is 19.3 Å². The van der Waals surface area contributed by atoms with Crippen molar-refractivity contribution in [2.45, 2.75) is 374 Å². The summed E-state index contributed by atoms with van der Waals surface area (Å²) in [5.41, 5.74) is 0. The topological polar surface area (TPSA) is 78.9 Å². The summed E-state index contributed by atoms with van der Waals surface area (Å²) in [5.74, 6) is -0.868. The second-order valence-corrected chi connectivity index (χ2v) is 23.4. The minimum atomic E-state index is -0.779. The minimum Gasteiger partial charge on any atom is -0.462 e. The Bertz CT molecular complexity index is 1410. The van der Waals surface area contributed by atoms with Gasteiger partial charge in [0.1, 0.15) is 13.2 Å². The van der Waals surface area contributed by atoms with Gasteiger partial charge in [-0.2, -0.15) is 0 Å². The predicted octanol–water partition coefficient (Wildman–Crippen LogP) is 23.9. The van der Waals surface area contributed by atoms with Crippen LogP contribution in [0.4, 0.5) is 0 Å². The smallest absolute Gasteiger partial charge is 0.306 e. The Morgan fingerprint density at radius 1 is 0.253 bits per heavy atom. The standard InChI is InChI=1S/C73H132O6/c1-4-7-10-13-16-19-22-25-27-29-30-31-32-33-34-35-36-37-38-39-40-41-42-43-44-45-47-48-51-54-57-60-63-66-72(75)78-69-70(68-77-71(74)65-62-59-56-53-50-24-21-18-15-12-9-6-3)79-73(76)67-64-61-58-55-52-49-46-28-26-23-20-17-14-11-8-5-2/h20,22-23,25,28-30,32-33,46,70H,4-19,21,24,26-27,31,34-45,47-69H2,1-3H3/b23-20-,25-22-,30-29-,33-32-,46-28-. The van der Waals surface area contributed by atoms with Crippen molar-refractivity contribution < 1.29 is 28.6 Å². The van der Waals surface area contributed by atoms with Crippen molar-refractivity contribution in [2.75, 3.05) is 13.2 Å². The first-order chi connectivity index (χ1) is 39.0. The van der Waals surface area contributed by atoms with Crippen LogP contribution in [0.1, 0.15) is 367 Å². The Morgan fingerprint density at radius 2 is 0.456 bits per heavy atom.